The van der Waals surface area contributed by atoms with E-state index in [1.165, 1.54) is 23.4 Å². The molecule has 0 amide bonds. The summed E-state index contributed by atoms with van der Waals surface area (Å²) in [5.41, 5.74) is 0.438. The van der Waals surface area contributed by atoms with Crippen LogP contribution in [0.1, 0.15) is 38.8 Å². The van der Waals surface area contributed by atoms with E-state index in [-0.39, 0.29) is 29.7 Å². The van der Waals surface area contributed by atoms with E-state index in [2.05, 4.69) is 27.3 Å². The lowest BCUT2D eigenvalue weighted by Crippen LogP contribution is -2.53. The van der Waals surface area contributed by atoms with E-state index in [9.17, 15) is 8.42 Å². The van der Waals surface area contributed by atoms with Crippen LogP contribution in [0.4, 0.5) is 0 Å². The van der Waals surface area contributed by atoms with Crippen LogP contribution in [0.5, 0.6) is 0 Å². The Bertz CT molecular complexity index is 628. The second kappa shape index (κ2) is 11.8. The highest BCUT2D eigenvalue weighted by atomic mass is 127. The number of rotatable bonds is 8. The first kappa shape index (κ1) is 23.2. The maximum atomic E-state index is 12.5. The third kappa shape index (κ3) is 7.03. The summed E-state index contributed by atoms with van der Waals surface area (Å²) < 4.78 is 31.2. The molecule has 1 fully saturated rings. The molecule has 150 valence electrons. The molecule has 0 atom stereocenters. The van der Waals surface area contributed by atoms with Crippen molar-refractivity contribution in [3.05, 3.63) is 18.0 Å². The number of hydrogen-bond acceptors (Lipinski definition) is 5. The van der Waals surface area contributed by atoms with E-state index in [4.69, 9.17) is 4.52 Å². The molecule has 0 aromatic carbocycles. The van der Waals surface area contributed by atoms with Crippen LogP contribution in [-0.2, 0) is 15.8 Å². The quantitative estimate of drug-likeness (QED) is 0.254. The smallest absolute Gasteiger partial charge is 0.220 e. The third-order valence-corrected chi connectivity index (χ3v) is 5.92. The normalized spacial score (nSPS) is 16.4. The van der Waals surface area contributed by atoms with Gasteiger partial charge in [-0.1, -0.05) is 24.9 Å². The Morgan fingerprint density at radius 1 is 1.27 bits per heavy atom. The lowest BCUT2D eigenvalue weighted by molar-refractivity contribution is 0.259. The van der Waals surface area contributed by atoms with Crippen molar-refractivity contribution in [3.8, 4) is 0 Å². The minimum absolute atomic E-state index is 0. The molecule has 0 spiro atoms. The van der Waals surface area contributed by atoms with Gasteiger partial charge in [-0.3, -0.25) is 4.99 Å². The van der Waals surface area contributed by atoms with Crippen LogP contribution in [0.25, 0.3) is 0 Å². The summed E-state index contributed by atoms with van der Waals surface area (Å²) in [6, 6.07) is 1.58. The number of aliphatic imine (C=N–C) groups is 1. The minimum Gasteiger partial charge on any atom is -0.364 e. The number of unbranched alkanes of at least 4 members (excludes halogenated alkanes) is 2. The molecular formula is C16H30IN5O3S. The van der Waals surface area contributed by atoms with Crippen LogP contribution in [-0.4, -0.2) is 68.0 Å². The van der Waals surface area contributed by atoms with Crippen LogP contribution in [0.15, 0.2) is 21.8 Å². The molecule has 0 aliphatic carbocycles. The number of piperazine rings is 1. The molecule has 0 unspecified atom stereocenters. The summed E-state index contributed by atoms with van der Waals surface area (Å²) in [7, 11) is -3.37. The van der Waals surface area contributed by atoms with Gasteiger partial charge in [-0.2, -0.15) is 4.31 Å². The minimum atomic E-state index is -3.37. The highest BCUT2D eigenvalue weighted by Gasteiger charge is 2.28. The second-order valence-electron chi connectivity index (χ2n) is 6.08. The Morgan fingerprint density at radius 2 is 2.00 bits per heavy atom. The molecule has 10 heteroatoms. The van der Waals surface area contributed by atoms with E-state index >= 15 is 0 Å². The highest BCUT2D eigenvalue weighted by molar-refractivity contribution is 14.0. The van der Waals surface area contributed by atoms with Gasteiger partial charge in [-0.15, -0.1) is 24.0 Å². The lowest BCUT2D eigenvalue weighted by Gasteiger charge is -2.35. The summed E-state index contributed by atoms with van der Waals surface area (Å²) in [5, 5.41) is 7.00. The zero-order valence-electron chi connectivity index (χ0n) is 15.6. The summed E-state index contributed by atoms with van der Waals surface area (Å²) in [6.45, 7) is 8.01. The Kier molecular flexibility index (Phi) is 10.5. The van der Waals surface area contributed by atoms with Crippen molar-refractivity contribution in [2.75, 3.05) is 39.3 Å². The molecule has 1 aromatic heterocycles. The number of nitrogens with zero attached hydrogens (tertiary/aromatic N) is 4. The number of guanidine groups is 1. The molecule has 0 saturated carbocycles. The van der Waals surface area contributed by atoms with Gasteiger partial charge in [0.15, 0.2) is 5.96 Å². The van der Waals surface area contributed by atoms with Gasteiger partial charge in [0.1, 0.15) is 12.0 Å². The predicted octanol–water partition coefficient (Wildman–Crippen LogP) is 1.90. The number of nitrogens with one attached hydrogen (secondary N) is 1. The fourth-order valence-corrected chi connectivity index (χ4v) is 4.17. The van der Waals surface area contributed by atoms with Gasteiger partial charge in [-0.25, -0.2) is 8.42 Å². The summed E-state index contributed by atoms with van der Waals surface area (Å²) in [4.78, 5) is 6.80. The Balaban J connectivity index is 0.00000338. The summed E-state index contributed by atoms with van der Waals surface area (Å²) >= 11 is 0. The fraction of sp³-hybridized carbons (Fsp3) is 0.750. The molecule has 26 heavy (non-hydrogen) atoms. The first-order valence-electron chi connectivity index (χ1n) is 8.97. The SMILES string of the molecule is CCCCCN=C(NCC)N1CCN(S(=O)(=O)Cc2ccon2)CC1.I. The van der Waals surface area contributed by atoms with Crippen LogP contribution in [0, 0.1) is 0 Å². The number of halogens is 1. The van der Waals surface area contributed by atoms with Crippen molar-refractivity contribution in [2.24, 2.45) is 4.99 Å². The van der Waals surface area contributed by atoms with Crippen LogP contribution in [0.2, 0.25) is 0 Å². The predicted molar refractivity (Wildman–Crippen MR) is 113 cm³/mol. The summed E-state index contributed by atoms with van der Waals surface area (Å²) in [6.07, 6.45) is 4.82. The van der Waals surface area contributed by atoms with Gasteiger partial charge in [-0.05, 0) is 13.3 Å². The van der Waals surface area contributed by atoms with Crippen molar-refractivity contribution >= 4 is 40.0 Å². The maximum Gasteiger partial charge on any atom is 0.220 e. The van der Waals surface area contributed by atoms with Gasteiger partial charge in [0.05, 0.1) is 5.69 Å². The molecular weight excluding hydrogens is 469 g/mol. The number of aromatic nitrogens is 1. The number of sulfonamides is 1. The monoisotopic (exact) mass is 499 g/mol. The first-order chi connectivity index (χ1) is 12.1. The molecule has 8 nitrogen and oxygen atoms in total. The molecule has 0 radical (unpaired) electrons. The van der Waals surface area contributed by atoms with Crippen molar-refractivity contribution in [1.29, 1.82) is 0 Å². The van der Waals surface area contributed by atoms with Gasteiger partial charge >= 0.3 is 0 Å². The van der Waals surface area contributed by atoms with Crippen molar-refractivity contribution in [3.63, 3.8) is 0 Å². The van der Waals surface area contributed by atoms with Gasteiger partial charge in [0.2, 0.25) is 10.0 Å². The Labute approximate surface area is 173 Å². The Morgan fingerprint density at radius 3 is 2.58 bits per heavy atom. The number of hydrogen-bond donors (Lipinski definition) is 1. The molecule has 2 heterocycles. The zero-order valence-corrected chi connectivity index (χ0v) is 18.7. The standard InChI is InChI=1S/C16H29N5O3S.HI/c1-3-5-6-8-18-16(17-4-2)20-9-11-21(12-10-20)25(22,23)14-15-7-13-24-19-15;/h7,13H,3-6,8-12,14H2,1-2H3,(H,17,18);1H. The van der Waals surface area contributed by atoms with E-state index in [0.29, 0.717) is 31.9 Å². The van der Waals surface area contributed by atoms with Crippen LogP contribution < -0.4 is 5.32 Å². The van der Waals surface area contributed by atoms with E-state index in [1.807, 2.05) is 6.92 Å². The molecule has 0 bridgehead atoms. The maximum absolute atomic E-state index is 12.5. The molecule has 1 aliphatic rings. The van der Waals surface area contributed by atoms with Crippen molar-refractivity contribution in [2.45, 2.75) is 38.9 Å². The third-order valence-electron chi connectivity index (χ3n) is 4.11. The lowest BCUT2D eigenvalue weighted by atomic mass is 10.2. The fourth-order valence-electron chi connectivity index (χ4n) is 2.74. The molecule has 1 saturated heterocycles. The van der Waals surface area contributed by atoms with Gasteiger partial charge < -0.3 is 14.7 Å². The van der Waals surface area contributed by atoms with Crippen LogP contribution in [0.3, 0.4) is 0 Å². The topological polar surface area (TPSA) is 91.0 Å². The van der Waals surface area contributed by atoms with Gasteiger partial charge in [0, 0.05) is 45.3 Å². The summed E-state index contributed by atoms with van der Waals surface area (Å²) in [5.74, 6) is 0.765. The Hall–Kier alpha value is -0.880. The molecule has 1 N–H and O–H groups in total. The average molecular weight is 499 g/mol. The molecule has 2 rings (SSSR count). The van der Waals surface area contributed by atoms with Crippen molar-refractivity contribution in [1.82, 2.24) is 19.7 Å². The second-order valence-corrected chi connectivity index (χ2v) is 8.04. The van der Waals surface area contributed by atoms with E-state index in [0.717, 1.165) is 25.5 Å². The zero-order chi connectivity index (χ0) is 18.1. The van der Waals surface area contributed by atoms with E-state index in [1.54, 1.807) is 6.07 Å². The molecule has 1 aliphatic heterocycles. The first-order valence-corrected chi connectivity index (χ1v) is 10.6. The van der Waals surface area contributed by atoms with E-state index < -0.39 is 10.0 Å². The molecule has 1 aromatic rings. The van der Waals surface area contributed by atoms with Crippen LogP contribution >= 0.6 is 24.0 Å². The highest BCUT2D eigenvalue weighted by Crippen LogP contribution is 2.13. The van der Waals surface area contributed by atoms with Gasteiger partial charge in [0.25, 0.3) is 0 Å². The average Bonchev–Trinajstić information content (AvgIpc) is 3.10. The largest absolute Gasteiger partial charge is 0.364 e. The van der Waals surface area contributed by atoms with Crippen molar-refractivity contribution < 1.29 is 12.9 Å².